The molecule has 0 aliphatic rings. The van der Waals surface area contributed by atoms with Crippen molar-refractivity contribution in [2.45, 2.75) is 13.0 Å². The maximum atomic E-state index is 12.1. The number of benzene rings is 2. The number of carbonyl (C=O) groups excluding carboxylic acids is 2. The Kier molecular flexibility index (Phi) is 9.02. The summed E-state index contributed by atoms with van der Waals surface area (Å²) < 4.78 is 33.6. The average molecular weight is 422 g/mol. The van der Waals surface area contributed by atoms with Crippen molar-refractivity contribution in [2.24, 2.45) is 0 Å². The lowest BCUT2D eigenvalue weighted by Crippen LogP contribution is -3.11. The lowest BCUT2D eigenvalue weighted by atomic mass is 10.1. The summed E-state index contributed by atoms with van der Waals surface area (Å²) in [5.41, 5.74) is 1.54. The molecular formula is C21H26F2N3O4+. The lowest BCUT2D eigenvalue weighted by molar-refractivity contribution is -0.862. The number of halogens is 2. The number of likely N-dealkylation sites (N-methyl/N-ethyl adjacent to an activating group) is 1. The van der Waals surface area contributed by atoms with Crippen LogP contribution >= 0.6 is 0 Å². The van der Waals surface area contributed by atoms with Crippen LogP contribution in [0.4, 0.5) is 14.5 Å². The van der Waals surface area contributed by atoms with Gasteiger partial charge in [-0.05, 0) is 48.4 Å². The Morgan fingerprint density at radius 2 is 1.57 bits per heavy atom. The summed E-state index contributed by atoms with van der Waals surface area (Å²) in [6, 6.07) is 13.2. The van der Waals surface area contributed by atoms with Gasteiger partial charge in [0.25, 0.3) is 11.8 Å². The molecule has 2 aromatic carbocycles. The smallest absolute Gasteiger partial charge is 0.387 e. The van der Waals surface area contributed by atoms with E-state index in [-0.39, 0.29) is 30.7 Å². The molecule has 0 spiro atoms. The van der Waals surface area contributed by atoms with Gasteiger partial charge < -0.3 is 25.0 Å². The Labute approximate surface area is 174 Å². The molecule has 9 heteroatoms. The van der Waals surface area contributed by atoms with Crippen LogP contribution in [0.2, 0.25) is 0 Å². The first-order valence-corrected chi connectivity index (χ1v) is 9.41. The highest BCUT2D eigenvalue weighted by molar-refractivity contribution is 5.91. The van der Waals surface area contributed by atoms with Gasteiger partial charge in [0.15, 0.2) is 13.1 Å². The van der Waals surface area contributed by atoms with Crippen molar-refractivity contribution >= 4 is 17.5 Å². The zero-order valence-electron chi connectivity index (χ0n) is 16.9. The fraction of sp³-hybridized carbons (Fsp3) is 0.333. The molecule has 1 atom stereocenters. The molecule has 3 N–H and O–H groups in total. The number of quaternary nitrogens is 1. The number of alkyl halides is 2. The molecule has 0 aliphatic carbocycles. The van der Waals surface area contributed by atoms with Crippen molar-refractivity contribution in [3.63, 3.8) is 0 Å². The maximum absolute atomic E-state index is 12.1. The number of hydrogen-bond acceptors (Lipinski definition) is 4. The summed E-state index contributed by atoms with van der Waals surface area (Å²) in [6.07, 6.45) is 0.553. The summed E-state index contributed by atoms with van der Waals surface area (Å²) >= 11 is 0. The van der Waals surface area contributed by atoms with Crippen LogP contribution in [0, 0.1) is 0 Å². The van der Waals surface area contributed by atoms with Gasteiger partial charge >= 0.3 is 6.61 Å². The molecule has 2 aromatic rings. The molecule has 0 fully saturated rings. The van der Waals surface area contributed by atoms with Crippen molar-refractivity contribution in [3.8, 4) is 11.5 Å². The van der Waals surface area contributed by atoms with E-state index in [9.17, 15) is 18.4 Å². The molecule has 0 saturated carbocycles. The molecule has 0 heterocycles. The van der Waals surface area contributed by atoms with E-state index in [1.165, 1.54) is 12.1 Å². The second-order valence-corrected chi connectivity index (χ2v) is 6.71. The van der Waals surface area contributed by atoms with E-state index in [1.54, 1.807) is 50.6 Å². The molecule has 0 saturated heterocycles. The zero-order valence-corrected chi connectivity index (χ0v) is 16.9. The number of methoxy groups -OCH3 is 1. The first-order valence-electron chi connectivity index (χ1n) is 9.41. The average Bonchev–Trinajstić information content (AvgIpc) is 2.69. The highest BCUT2D eigenvalue weighted by Gasteiger charge is 2.14. The van der Waals surface area contributed by atoms with Gasteiger partial charge in [-0.1, -0.05) is 12.1 Å². The van der Waals surface area contributed by atoms with Gasteiger partial charge in [0.1, 0.15) is 11.5 Å². The summed E-state index contributed by atoms with van der Waals surface area (Å²) in [5, 5.41) is 5.56. The van der Waals surface area contributed by atoms with Crippen LogP contribution in [-0.2, 0) is 16.0 Å². The fourth-order valence-corrected chi connectivity index (χ4v) is 2.74. The zero-order chi connectivity index (χ0) is 21.9. The molecular weight excluding hydrogens is 396 g/mol. The Balaban J connectivity index is 1.66. The molecule has 7 nitrogen and oxygen atoms in total. The normalized spacial score (nSPS) is 11.6. The topological polar surface area (TPSA) is 81.1 Å². The predicted octanol–water partition coefficient (Wildman–Crippen LogP) is 1.11. The highest BCUT2D eigenvalue weighted by Crippen LogP contribution is 2.15. The molecule has 2 amide bonds. The number of hydrogen-bond donors (Lipinski definition) is 3. The minimum absolute atomic E-state index is 0.0935. The Bertz CT molecular complexity index is 814. The Morgan fingerprint density at radius 1 is 0.967 bits per heavy atom. The summed E-state index contributed by atoms with van der Waals surface area (Å²) in [4.78, 5) is 24.9. The molecule has 1 unspecified atom stereocenters. The number of anilines is 1. The van der Waals surface area contributed by atoms with Crippen molar-refractivity contribution < 1.29 is 32.7 Å². The third-order valence-electron chi connectivity index (χ3n) is 4.18. The van der Waals surface area contributed by atoms with E-state index in [0.717, 1.165) is 10.5 Å². The van der Waals surface area contributed by atoms with Gasteiger partial charge in [-0.3, -0.25) is 9.59 Å². The van der Waals surface area contributed by atoms with E-state index in [0.29, 0.717) is 24.4 Å². The Hall–Kier alpha value is -3.20. The van der Waals surface area contributed by atoms with Gasteiger partial charge in [-0.25, -0.2) is 0 Å². The second kappa shape index (κ2) is 11.7. The third kappa shape index (κ3) is 8.44. The minimum atomic E-state index is -2.85. The molecule has 0 aromatic heterocycles. The largest absolute Gasteiger partial charge is 0.497 e. The highest BCUT2D eigenvalue weighted by atomic mass is 19.3. The van der Waals surface area contributed by atoms with E-state index in [2.05, 4.69) is 15.4 Å². The molecule has 30 heavy (non-hydrogen) atoms. The van der Waals surface area contributed by atoms with E-state index >= 15 is 0 Å². The number of carbonyl (C=O) groups is 2. The maximum Gasteiger partial charge on any atom is 0.387 e. The Morgan fingerprint density at radius 3 is 2.17 bits per heavy atom. The van der Waals surface area contributed by atoms with Crippen molar-refractivity contribution in [1.82, 2.24) is 5.32 Å². The van der Waals surface area contributed by atoms with Crippen LogP contribution in [0.25, 0.3) is 0 Å². The standard InChI is InChI=1S/C21H25F2N3O4/c1-26(14-20(28)25-16-5-9-17(29-2)10-6-16)13-19(27)24-12-11-15-3-7-18(8-4-15)30-21(22)23/h3-10,21H,11-14H2,1-2H3,(H,24,27)(H,25,28)/p+1. The van der Waals surface area contributed by atoms with Crippen LogP contribution < -0.4 is 25.0 Å². The van der Waals surface area contributed by atoms with Gasteiger partial charge in [0.2, 0.25) is 0 Å². The number of ether oxygens (including phenoxy) is 2. The quantitative estimate of drug-likeness (QED) is 0.507. The van der Waals surface area contributed by atoms with E-state index in [1.807, 2.05) is 0 Å². The summed E-state index contributed by atoms with van der Waals surface area (Å²) in [5.74, 6) is 0.416. The van der Waals surface area contributed by atoms with Crippen LogP contribution in [0.3, 0.4) is 0 Å². The fourth-order valence-electron chi connectivity index (χ4n) is 2.74. The van der Waals surface area contributed by atoms with Gasteiger partial charge in [0, 0.05) is 12.2 Å². The van der Waals surface area contributed by atoms with E-state index in [4.69, 9.17) is 4.74 Å². The van der Waals surface area contributed by atoms with Crippen LogP contribution in [-0.4, -0.2) is 52.2 Å². The van der Waals surface area contributed by atoms with Crippen LogP contribution in [0.15, 0.2) is 48.5 Å². The predicted molar refractivity (Wildman–Crippen MR) is 108 cm³/mol. The summed E-state index contributed by atoms with van der Waals surface area (Å²) in [6.45, 7) is -2.16. The lowest BCUT2D eigenvalue weighted by Gasteiger charge is -2.14. The van der Waals surface area contributed by atoms with Crippen LogP contribution in [0.1, 0.15) is 5.56 Å². The van der Waals surface area contributed by atoms with Crippen LogP contribution in [0.5, 0.6) is 11.5 Å². The molecule has 2 rings (SSSR count). The SMILES string of the molecule is COc1ccc(NC(=O)C[NH+](C)CC(=O)NCCc2ccc(OC(F)F)cc2)cc1. The second-order valence-electron chi connectivity index (χ2n) is 6.71. The van der Waals surface area contributed by atoms with Crippen molar-refractivity contribution in [2.75, 3.05) is 39.1 Å². The molecule has 0 bridgehead atoms. The van der Waals surface area contributed by atoms with Crippen molar-refractivity contribution in [1.29, 1.82) is 0 Å². The molecule has 162 valence electrons. The van der Waals surface area contributed by atoms with Gasteiger partial charge in [-0.2, -0.15) is 8.78 Å². The first-order chi connectivity index (χ1) is 14.4. The monoisotopic (exact) mass is 422 g/mol. The van der Waals surface area contributed by atoms with E-state index < -0.39 is 6.61 Å². The summed E-state index contributed by atoms with van der Waals surface area (Å²) in [7, 11) is 3.33. The van der Waals surface area contributed by atoms with Gasteiger partial charge in [0.05, 0.1) is 14.2 Å². The third-order valence-corrected chi connectivity index (χ3v) is 4.18. The molecule has 0 aliphatic heterocycles. The van der Waals surface area contributed by atoms with Gasteiger partial charge in [-0.15, -0.1) is 0 Å². The minimum Gasteiger partial charge on any atom is -0.497 e. The van der Waals surface area contributed by atoms with Crippen molar-refractivity contribution in [3.05, 3.63) is 54.1 Å². The first kappa shape index (κ1) is 23.1. The number of rotatable bonds is 11. The number of amides is 2. The molecule has 0 radical (unpaired) electrons. The number of nitrogens with one attached hydrogen (secondary N) is 3.